The van der Waals surface area contributed by atoms with Crippen molar-refractivity contribution in [2.75, 3.05) is 0 Å². The number of benzene rings is 5. The SMILES string of the molecule is C[Si]1(c2ccccc2)O[Si](c2ccccc2)(c2ccccc2)O[Si](c2ccccc2)(c2ccccc2)O1. The minimum Gasteiger partial charge on any atom is -0.405 e. The van der Waals surface area contributed by atoms with Crippen molar-refractivity contribution in [1.82, 2.24) is 0 Å². The second-order valence-corrected chi connectivity index (χ2v) is 19.0. The van der Waals surface area contributed by atoms with E-state index in [1.807, 2.05) is 30.3 Å². The van der Waals surface area contributed by atoms with Crippen molar-refractivity contribution in [1.29, 1.82) is 0 Å². The van der Waals surface area contributed by atoms with E-state index >= 15 is 0 Å². The predicted octanol–water partition coefficient (Wildman–Crippen LogP) is 3.54. The summed E-state index contributed by atoms with van der Waals surface area (Å²) >= 11 is 0. The molecule has 0 unspecified atom stereocenters. The van der Waals surface area contributed by atoms with Gasteiger partial charge in [-0.3, -0.25) is 0 Å². The first-order valence-corrected chi connectivity index (χ1v) is 18.5. The Morgan fingerprint density at radius 2 is 0.568 bits per heavy atom. The van der Waals surface area contributed by atoms with Crippen LogP contribution in [0.5, 0.6) is 0 Å². The molecule has 0 saturated carbocycles. The van der Waals surface area contributed by atoms with E-state index in [2.05, 4.69) is 128 Å². The third-order valence-electron chi connectivity index (χ3n) is 6.88. The Bertz CT molecular complexity index is 1280. The lowest BCUT2D eigenvalue weighted by Crippen LogP contribution is -2.85. The third-order valence-corrected chi connectivity index (χ3v) is 20.3. The van der Waals surface area contributed by atoms with E-state index in [9.17, 15) is 0 Å². The highest BCUT2D eigenvalue weighted by Gasteiger charge is 2.64. The van der Waals surface area contributed by atoms with Crippen molar-refractivity contribution in [3.05, 3.63) is 152 Å². The molecule has 3 nitrogen and oxygen atoms in total. The molecule has 0 radical (unpaired) electrons. The molecule has 6 rings (SSSR count). The average molecular weight is 533 g/mol. The second kappa shape index (κ2) is 9.83. The first-order valence-electron chi connectivity index (χ1n) is 12.5. The van der Waals surface area contributed by atoms with Crippen LogP contribution in [0.2, 0.25) is 6.55 Å². The summed E-state index contributed by atoms with van der Waals surface area (Å²) in [5, 5.41) is 5.45. The van der Waals surface area contributed by atoms with Gasteiger partial charge in [0.2, 0.25) is 0 Å². The Kier molecular flexibility index (Phi) is 6.37. The monoisotopic (exact) mass is 532 g/mol. The summed E-state index contributed by atoms with van der Waals surface area (Å²) in [7, 11) is -9.53. The van der Waals surface area contributed by atoms with E-state index in [0.29, 0.717) is 0 Å². The minimum absolute atomic E-state index is 1.09. The van der Waals surface area contributed by atoms with Gasteiger partial charge in [-0.1, -0.05) is 152 Å². The summed E-state index contributed by atoms with van der Waals surface area (Å²) in [5.41, 5.74) is 0. The van der Waals surface area contributed by atoms with Crippen LogP contribution in [0, 0.1) is 0 Å². The quantitative estimate of drug-likeness (QED) is 0.324. The molecule has 0 aliphatic carbocycles. The molecule has 1 fully saturated rings. The zero-order chi connectivity index (χ0) is 25.2. The molecule has 6 heteroatoms. The molecule has 5 aromatic rings. The highest BCUT2D eigenvalue weighted by atomic mass is 28.5. The maximum atomic E-state index is 7.59. The molecule has 0 amide bonds. The van der Waals surface area contributed by atoms with Crippen LogP contribution in [-0.4, -0.2) is 25.7 Å². The van der Waals surface area contributed by atoms with E-state index in [1.165, 1.54) is 0 Å². The standard InChI is InChI=1S/C31H28O3Si3/c1-35(27-17-7-2-8-18-27)32-36(28-19-9-3-10-20-28,29-21-11-4-12-22-29)34-37(33-35,30-23-13-5-14-24-30)31-25-15-6-16-26-31/h2-26H,1H3. The van der Waals surface area contributed by atoms with Crippen molar-refractivity contribution in [2.24, 2.45) is 0 Å². The van der Waals surface area contributed by atoms with Crippen molar-refractivity contribution >= 4 is 51.6 Å². The largest absolute Gasteiger partial charge is 0.405 e. The molecule has 1 saturated heterocycles. The van der Waals surface area contributed by atoms with E-state index in [0.717, 1.165) is 25.9 Å². The second-order valence-electron chi connectivity index (χ2n) is 9.32. The lowest BCUT2D eigenvalue weighted by molar-refractivity contribution is 0.263. The molecule has 5 aromatic carbocycles. The lowest BCUT2D eigenvalue weighted by atomic mass is 10.4. The molecule has 0 N–H and O–H groups in total. The number of hydrogen-bond donors (Lipinski definition) is 0. The third kappa shape index (κ3) is 4.27. The van der Waals surface area contributed by atoms with Crippen molar-refractivity contribution in [2.45, 2.75) is 6.55 Å². The van der Waals surface area contributed by atoms with E-state index in [-0.39, 0.29) is 0 Å². The maximum Gasteiger partial charge on any atom is 0.390 e. The van der Waals surface area contributed by atoms with Gasteiger partial charge in [0.25, 0.3) is 0 Å². The van der Waals surface area contributed by atoms with Gasteiger partial charge in [0, 0.05) is 0 Å². The molecule has 0 bridgehead atoms. The molecule has 1 aliphatic rings. The fourth-order valence-electron chi connectivity index (χ4n) is 5.11. The van der Waals surface area contributed by atoms with Crippen LogP contribution in [0.3, 0.4) is 0 Å². The van der Waals surface area contributed by atoms with Crippen LogP contribution in [0.25, 0.3) is 0 Å². The Morgan fingerprint density at radius 1 is 0.324 bits per heavy atom. The Balaban J connectivity index is 1.70. The molecule has 0 atom stereocenters. The topological polar surface area (TPSA) is 27.7 Å². The Morgan fingerprint density at radius 3 is 0.838 bits per heavy atom. The molecule has 1 heterocycles. The van der Waals surface area contributed by atoms with Gasteiger partial charge in [0.05, 0.1) is 0 Å². The summed E-state index contributed by atoms with van der Waals surface area (Å²) in [6.07, 6.45) is 0. The molecule has 37 heavy (non-hydrogen) atoms. The summed E-state index contributed by atoms with van der Waals surface area (Å²) in [6.45, 7) is 2.19. The molecule has 0 spiro atoms. The normalized spacial score (nSPS) is 17.6. The summed E-state index contributed by atoms with van der Waals surface area (Å²) in [5.74, 6) is 0. The van der Waals surface area contributed by atoms with Crippen LogP contribution in [-0.2, 0) is 12.3 Å². The highest BCUT2D eigenvalue weighted by molar-refractivity contribution is 7.13. The van der Waals surface area contributed by atoms with Gasteiger partial charge in [-0.2, -0.15) is 0 Å². The fraction of sp³-hybridized carbons (Fsp3) is 0.0323. The average Bonchev–Trinajstić information content (AvgIpc) is 2.99. The number of rotatable bonds is 5. The van der Waals surface area contributed by atoms with Crippen LogP contribution >= 0.6 is 0 Å². The molecule has 182 valence electrons. The Hall–Kier alpha value is -3.37. The van der Waals surface area contributed by atoms with Crippen LogP contribution < -0.4 is 25.9 Å². The zero-order valence-electron chi connectivity index (χ0n) is 20.7. The summed E-state index contributed by atoms with van der Waals surface area (Å²) in [4.78, 5) is 0. The van der Waals surface area contributed by atoms with Crippen molar-refractivity contribution < 1.29 is 12.3 Å². The summed E-state index contributed by atoms with van der Waals surface area (Å²) in [6, 6.07) is 52.4. The predicted molar refractivity (Wildman–Crippen MR) is 157 cm³/mol. The zero-order valence-corrected chi connectivity index (χ0v) is 23.7. The van der Waals surface area contributed by atoms with Gasteiger partial charge < -0.3 is 12.3 Å². The van der Waals surface area contributed by atoms with Gasteiger partial charge in [0.15, 0.2) is 0 Å². The Labute approximate surface area is 221 Å². The minimum atomic E-state index is -3.26. The van der Waals surface area contributed by atoms with Crippen molar-refractivity contribution in [3.8, 4) is 0 Å². The van der Waals surface area contributed by atoms with E-state index in [4.69, 9.17) is 12.3 Å². The van der Waals surface area contributed by atoms with Gasteiger partial charge >= 0.3 is 25.7 Å². The highest BCUT2D eigenvalue weighted by Crippen LogP contribution is 2.31. The maximum absolute atomic E-state index is 7.59. The first-order chi connectivity index (χ1) is 18.1. The smallest absolute Gasteiger partial charge is 0.390 e. The molecular weight excluding hydrogens is 505 g/mol. The number of hydrogen-bond acceptors (Lipinski definition) is 3. The van der Waals surface area contributed by atoms with Crippen LogP contribution in [0.1, 0.15) is 0 Å². The van der Waals surface area contributed by atoms with Crippen LogP contribution in [0.4, 0.5) is 0 Å². The van der Waals surface area contributed by atoms with Crippen LogP contribution in [0.15, 0.2) is 152 Å². The van der Waals surface area contributed by atoms with Gasteiger partial charge in [0.1, 0.15) is 0 Å². The fourth-order valence-corrected chi connectivity index (χ4v) is 21.4. The van der Waals surface area contributed by atoms with Crippen molar-refractivity contribution in [3.63, 3.8) is 0 Å². The van der Waals surface area contributed by atoms with E-state index < -0.39 is 25.7 Å². The lowest BCUT2D eigenvalue weighted by Gasteiger charge is -2.52. The van der Waals surface area contributed by atoms with Gasteiger partial charge in [-0.05, 0) is 32.5 Å². The first kappa shape index (κ1) is 24.0. The van der Waals surface area contributed by atoms with Gasteiger partial charge in [-0.25, -0.2) is 0 Å². The molecule has 1 aliphatic heterocycles. The molecule has 0 aromatic heterocycles. The summed E-state index contributed by atoms with van der Waals surface area (Å²) < 4.78 is 22.4. The molecular formula is C31H28O3Si3. The van der Waals surface area contributed by atoms with Gasteiger partial charge in [-0.15, -0.1) is 0 Å². The van der Waals surface area contributed by atoms with E-state index in [1.54, 1.807) is 0 Å².